The summed E-state index contributed by atoms with van der Waals surface area (Å²) < 4.78 is 41.5. The third-order valence-corrected chi connectivity index (χ3v) is 7.46. The molecule has 0 saturated carbocycles. The first-order valence-corrected chi connectivity index (χ1v) is 13.2. The summed E-state index contributed by atoms with van der Waals surface area (Å²) in [5.74, 6) is -0.638. The predicted molar refractivity (Wildman–Crippen MR) is 146 cm³/mol. The molecular weight excluding hydrogens is 499 g/mol. The molecule has 39 heavy (non-hydrogen) atoms. The average molecular weight is 528 g/mol. The fraction of sp³-hybridized carbons (Fsp3) is 0.258. The van der Waals surface area contributed by atoms with Crippen LogP contribution in [0.5, 0.6) is 0 Å². The Morgan fingerprint density at radius 2 is 1.41 bits per heavy atom. The lowest BCUT2D eigenvalue weighted by Crippen LogP contribution is -2.46. The summed E-state index contributed by atoms with van der Waals surface area (Å²) in [5.41, 5.74) is 4.52. The number of aliphatic imine (C=N–C) groups is 1. The van der Waals surface area contributed by atoms with Crippen molar-refractivity contribution < 1.29 is 13.2 Å². The van der Waals surface area contributed by atoms with E-state index in [-0.39, 0.29) is 17.4 Å². The standard InChI is InChI=1S/C31H28F3N5/c32-25-10-4-21(5-11-25)20-38-14-16-39(17-15-38)31-35-18-24(19-36-31)22-6-8-23(9-7-22)28-12-13-29(37-28)30-26(33)2-1-3-27(30)34/h1-11,18-19,28H,12-17,20H2. The van der Waals surface area contributed by atoms with Crippen LogP contribution in [-0.2, 0) is 6.54 Å². The van der Waals surface area contributed by atoms with Crippen molar-refractivity contribution >= 4 is 11.7 Å². The monoisotopic (exact) mass is 527 g/mol. The summed E-state index contributed by atoms with van der Waals surface area (Å²) in [6, 6.07) is 18.5. The number of aromatic nitrogens is 2. The molecule has 0 spiro atoms. The first-order chi connectivity index (χ1) is 19.0. The van der Waals surface area contributed by atoms with Crippen LogP contribution in [0.1, 0.15) is 35.6 Å². The number of halogens is 3. The molecule has 0 bridgehead atoms. The molecule has 2 aliphatic heterocycles. The van der Waals surface area contributed by atoms with Crippen LogP contribution >= 0.6 is 0 Å². The molecule has 1 atom stereocenters. The largest absolute Gasteiger partial charge is 0.338 e. The van der Waals surface area contributed by atoms with Crippen LogP contribution in [0.25, 0.3) is 11.1 Å². The molecule has 1 saturated heterocycles. The van der Waals surface area contributed by atoms with Gasteiger partial charge in [0.25, 0.3) is 0 Å². The molecule has 0 amide bonds. The van der Waals surface area contributed by atoms with Crippen LogP contribution in [-0.4, -0.2) is 46.8 Å². The number of hydrogen-bond donors (Lipinski definition) is 0. The van der Waals surface area contributed by atoms with E-state index in [1.54, 1.807) is 0 Å². The Hall–Kier alpha value is -4.04. The number of benzene rings is 3. The van der Waals surface area contributed by atoms with Gasteiger partial charge >= 0.3 is 0 Å². The van der Waals surface area contributed by atoms with Gasteiger partial charge in [0, 0.05) is 56.4 Å². The van der Waals surface area contributed by atoms with Crippen LogP contribution in [0.3, 0.4) is 0 Å². The molecule has 0 N–H and O–H groups in total. The van der Waals surface area contributed by atoms with Crippen molar-refractivity contribution in [1.82, 2.24) is 14.9 Å². The summed E-state index contributed by atoms with van der Waals surface area (Å²) in [5, 5.41) is 0. The number of anilines is 1. The van der Waals surface area contributed by atoms with E-state index in [4.69, 9.17) is 0 Å². The lowest BCUT2D eigenvalue weighted by atomic mass is 10.0. The highest BCUT2D eigenvalue weighted by Crippen LogP contribution is 2.33. The maximum absolute atomic E-state index is 14.2. The zero-order chi connectivity index (χ0) is 26.8. The SMILES string of the molecule is Fc1ccc(CN2CCN(c3ncc(-c4ccc(C5CCC(c6c(F)cccc6F)=N5)cc4)cn3)CC2)cc1. The van der Waals surface area contributed by atoms with E-state index in [1.165, 1.54) is 30.3 Å². The van der Waals surface area contributed by atoms with Gasteiger partial charge in [0.1, 0.15) is 17.5 Å². The highest BCUT2D eigenvalue weighted by molar-refractivity contribution is 6.02. The first-order valence-electron chi connectivity index (χ1n) is 13.2. The number of rotatable bonds is 6. The van der Waals surface area contributed by atoms with E-state index >= 15 is 0 Å². The maximum atomic E-state index is 14.2. The second-order valence-corrected chi connectivity index (χ2v) is 10.0. The summed E-state index contributed by atoms with van der Waals surface area (Å²) >= 11 is 0. The van der Waals surface area contributed by atoms with Gasteiger partial charge in [-0.15, -0.1) is 0 Å². The molecule has 0 aliphatic carbocycles. The molecule has 6 rings (SSSR count). The molecule has 3 aromatic carbocycles. The van der Waals surface area contributed by atoms with Gasteiger partial charge in [-0.25, -0.2) is 23.1 Å². The second-order valence-electron chi connectivity index (χ2n) is 10.0. The van der Waals surface area contributed by atoms with E-state index < -0.39 is 11.6 Å². The van der Waals surface area contributed by atoms with E-state index in [0.29, 0.717) is 18.1 Å². The van der Waals surface area contributed by atoms with Crippen LogP contribution in [0, 0.1) is 17.5 Å². The first kappa shape index (κ1) is 25.2. The normalized spacial score (nSPS) is 17.9. The quantitative estimate of drug-likeness (QED) is 0.299. The van der Waals surface area contributed by atoms with Crippen molar-refractivity contribution in [3.8, 4) is 11.1 Å². The zero-order valence-electron chi connectivity index (χ0n) is 21.4. The Kier molecular flexibility index (Phi) is 7.11. The van der Waals surface area contributed by atoms with Gasteiger partial charge < -0.3 is 4.90 Å². The van der Waals surface area contributed by atoms with Crippen molar-refractivity contribution in [3.05, 3.63) is 113 Å². The van der Waals surface area contributed by atoms with Crippen LogP contribution in [0.4, 0.5) is 19.1 Å². The molecule has 1 fully saturated rings. The molecular formula is C31H28F3N5. The summed E-state index contributed by atoms with van der Waals surface area (Å²) in [6.07, 6.45) is 4.95. The maximum Gasteiger partial charge on any atom is 0.225 e. The van der Waals surface area contributed by atoms with Crippen LogP contribution in [0.15, 0.2) is 84.1 Å². The fourth-order valence-corrected chi connectivity index (χ4v) is 5.28. The third kappa shape index (κ3) is 5.56. The minimum absolute atomic E-state index is 0.0110. The smallest absolute Gasteiger partial charge is 0.225 e. The Bertz CT molecular complexity index is 1440. The van der Waals surface area contributed by atoms with Gasteiger partial charge in [-0.1, -0.05) is 42.5 Å². The number of hydrogen-bond acceptors (Lipinski definition) is 5. The van der Waals surface area contributed by atoms with Crippen LogP contribution < -0.4 is 4.90 Å². The molecule has 1 aromatic heterocycles. The molecule has 3 heterocycles. The summed E-state index contributed by atoms with van der Waals surface area (Å²) in [4.78, 5) is 18.4. The second kappa shape index (κ2) is 11.0. The minimum atomic E-state index is -0.569. The molecule has 1 unspecified atom stereocenters. The summed E-state index contributed by atoms with van der Waals surface area (Å²) in [6.45, 7) is 4.24. The Labute approximate surface area is 225 Å². The van der Waals surface area contributed by atoms with Crippen molar-refractivity contribution in [3.63, 3.8) is 0 Å². The van der Waals surface area contributed by atoms with Crippen molar-refractivity contribution in [2.24, 2.45) is 4.99 Å². The molecule has 2 aliphatic rings. The zero-order valence-corrected chi connectivity index (χ0v) is 21.4. The summed E-state index contributed by atoms with van der Waals surface area (Å²) in [7, 11) is 0. The topological polar surface area (TPSA) is 44.6 Å². The highest BCUT2D eigenvalue weighted by atomic mass is 19.1. The Morgan fingerprint density at radius 1 is 0.744 bits per heavy atom. The Balaban J connectivity index is 1.07. The van der Waals surface area contributed by atoms with Crippen LogP contribution in [0.2, 0.25) is 0 Å². The van der Waals surface area contributed by atoms with Crippen molar-refractivity contribution in [2.75, 3.05) is 31.1 Å². The molecule has 198 valence electrons. The highest BCUT2D eigenvalue weighted by Gasteiger charge is 2.24. The molecule has 8 heteroatoms. The third-order valence-electron chi connectivity index (χ3n) is 7.46. The van der Waals surface area contributed by atoms with Gasteiger partial charge in [-0.3, -0.25) is 9.89 Å². The van der Waals surface area contributed by atoms with E-state index in [0.717, 1.165) is 61.4 Å². The van der Waals surface area contributed by atoms with Crippen molar-refractivity contribution in [2.45, 2.75) is 25.4 Å². The minimum Gasteiger partial charge on any atom is -0.338 e. The van der Waals surface area contributed by atoms with Gasteiger partial charge in [0.05, 0.1) is 11.6 Å². The van der Waals surface area contributed by atoms with E-state index in [2.05, 4.69) is 24.8 Å². The van der Waals surface area contributed by atoms with Gasteiger partial charge in [-0.05, 0) is 53.8 Å². The molecule has 4 aromatic rings. The lowest BCUT2D eigenvalue weighted by molar-refractivity contribution is 0.248. The van der Waals surface area contributed by atoms with Crippen molar-refractivity contribution in [1.29, 1.82) is 0 Å². The fourth-order valence-electron chi connectivity index (χ4n) is 5.28. The van der Waals surface area contributed by atoms with Gasteiger partial charge in [-0.2, -0.15) is 0 Å². The lowest BCUT2D eigenvalue weighted by Gasteiger charge is -2.34. The van der Waals surface area contributed by atoms with Gasteiger partial charge in [0.2, 0.25) is 5.95 Å². The molecule has 5 nitrogen and oxygen atoms in total. The average Bonchev–Trinajstić information content (AvgIpc) is 3.45. The predicted octanol–water partition coefficient (Wildman–Crippen LogP) is 6.21. The number of piperazine rings is 1. The molecule has 0 radical (unpaired) electrons. The number of nitrogens with zero attached hydrogens (tertiary/aromatic N) is 5. The van der Waals surface area contributed by atoms with E-state index in [9.17, 15) is 13.2 Å². The Morgan fingerprint density at radius 3 is 2.08 bits per heavy atom. The van der Waals surface area contributed by atoms with E-state index in [1.807, 2.05) is 48.8 Å². The van der Waals surface area contributed by atoms with Gasteiger partial charge in [0.15, 0.2) is 0 Å².